The molecular weight excluding hydrogens is 141 g/mol. The molecule has 0 spiro atoms. The minimum atomic E-state index is -1.40. The summed E-state index contributed by atoms with van der Waals surface area (Å²) in [4.78, 5) is 0. The smallest absolute Gasteiger partial charge is 0.189 e. The van der Waals surface area contributed by atoms with Crippen LogP contribution in [-0.4, -0.2) is 0 Å². The summed E-state index contributed by atoms with van der Waals surface area (Å²) >= 11 is 0. The van der Waals surface area contributed by atoms with E-state index < -0.39 is 17.5 Å². The monoisotopic (exact) mass is 150 g/mol. The predicted octanol–water partition coefficient (Wildman–Crippen LogP) is 3.42. The molecule has 0 fully saturated rings. The van der Waals surface area contributed by atoms with Gasteiger partial charge in [-0.05, 0) is 19.4 Å². The third-order valence-electron chi connectivity index (χ3n) is 0.895. The molecule has 0 bridgehead atoms. The van der Waals surface area contributed by atoms with Gasteiger partial charge in [0.05, 0.1) is 0 Å². The van der Waals surface area contributed by atoms with Crippen molar-refractivity contribution < 1.29 is 13.2 Å². The summed E-state index contributed by atoms with van der Waals surface area (Å²) in [5.41, 5.74) is 0. The molecule has 0 aliphatic carbocycles. The highest BCUT2D eigenvalue weighted by Crippen LogP contribution is 2.18. The van der Waals surface area contributed by atoms with Crippen LogP contribution in [0, 0.1) is 0 Å². The van der Waals surface area contributed by atoms with E-state index >= 15 is 0 Å². The number of allylic oxidation sites excluding steroid dienone is 4. The highest BCUT2D eigenvalue weighted by atomic mass is 19.2. The molecule has 0 aromatic heterocycles. The zero-order chi connectivity index (χ0) is 8.15. The van der Waals surface area contributed by atoms with E-state index in [-0.39, 0.29) is 0 Å². The minimum Gasteiger partial charge on any atom is -0.209 e. The van der Waals surface area contributed by atoms with E-state index in [1.165, 1.54) is 0 Å². The highest BCUT2D eigenvalue weighted by molar-refractivity contribution is 5.20. The van der Waals surface area contributed by atoms with Crippen molar-refractivity contribution >= 4 is 0 Å². The van der Waals surface area contributed by atoms with Gasteiger partial charge in [-0.1, -0.05) is 6.92 Å². The molecule has 0 radical (unpaired) electrons. The van der Waals surface area contributed by atoms with E-state index in [1.54, 1.807) is 6.92 Å². The Labute approximate surface area is 58.0 Å². The quantitative estimate of drug-likeness (QED) is 0.529. The Morgan fingerprint density at radius 2 is 1.80 bits per heavy atom. The standard InChI is InChI=1S/C7H9F3/c1-3-4-6(9)7(10)5(2)8/h4H,3H2,1-2H3/b6-4+,7-5-. The van der Waals surface area contributed by atoms with Crippen LogP contribution < -0.4 is 0 Å². The van der Waals surface area contributed by atoms with Crippen LogP contribution in [0.25, 0.3) is 0 Å². The molecule has 58 valence electrons. The van der Waals surface area contributed by atoms with Gasteiger partial charge in [-0.3, -0.25) is 0 Å². The SMILES string of the molecule is CC/C=C(F)\C(F)=C(/C)F. The van der Waals surface area contributed by atoms with E-state index in [0.717, 1.165) is 13.0 Å². The van der Waals surface area contributed by atoms with E-state index in [4.69, 9.17) is 0 Å². The van der Waals surface area contributed by atoms with Crippen molar-refractivity contribution in [1.82, 2.24) is 0 Å². The summed E-state index contributed by atoms with van der Waals surface area (Å²) in [6, 6.07) is 0. The summed E-state index contributed by atoms with van der Waals surface area (Å²) in [6.45, 7) is 2.51. The first kappa shape index (κ1) is 9.27. The summed E-state index contributed by atoms with van der Waals surface area (Å²) in [5, 5.41) is 0. The summed E-state index contributed by atoms with van der Waals surface area (Å²) in [5.74, 6) is -3.65. The first-order chi connectivity index (χ1) is 4.59. The molecule has 0 N–H and O–H groups in total. The van der Waals surface area contributed by atoms with Crippen LogP contribution >= 0.6 is 0 Å². The second-order valence-corrected chi connectivity index (χ2v) is 1.81. The van der Waals surface area contributed by atoms with Gasteiger partial charge in [-0.2, -0.15) is 0 Å². The summed E-state index contributed by atoms with van der Waals surface area (Å²) in [6.07, 6.45) is 1.34. The Balaban J connectivity index is 4.36. The third kappa shape index (κ3) is 2.71. The Morgan fingerprint density at radius 3 is 2.10 bits per heavy atom. The largest absolute Gasteiger partial charge is 0.209 e. The lowest BCUT2D eigenvalue weighted by atomic mass is 10.3. The summed E-state index contributed by atoms with van der Waals surface area (Å²) in [7, 11) is 0. The van der Waals surface area contributed by atoms with Gasteiger partial charge in [0, 0.05) is 0 Å². The van der Waals surface area contributed by atoms with Gasteiger partial charge in [-0.25, -0.2) is 13.2 Å². The average Bonchev–Trinajstić information content (AvgIpc) is 1.87. The molecule has 0 saturated carbocycles. The van der Waals surface area contributed by atoms with E-state index in [2.05, 4.69) is 0 Å². The van der Waals surface area contributed by atoms with Crippen molar-refractivity contribution in [2.24, 2.45) is 0 Å². The van der Waals surface area contributed by atoms with Gasteiger partial charge in [0.25, 0.3) is 0 Å². The number of halogens is 3. The molecule has 0 aromatic rings. The van der Waals surface area contributed by atoms with Crippen molar-refractivity contribution in [3.8, 4) is 0 Å². The van der Waals surface area contributed by atoms with Crippen molar-refractivity contribution in [3.63, 3.8) is 0 Å². The van der Waals surface area contributed by atoms with E-state index in [1.807, 2.05) is 0 Å². The number of rotatable bonds is 2. The first-order valence-corrected chi connectivity index (χ1v) is 2.97. The number of hydrogen-bond donors (Lipinski definition) is 0. The first-order valence-electron chi connectivity index (χ1n) is 2.97. The predicted molar refractivity (Wildman–Crippen MR) is 34.4 cm³/mol. The lowest BCUT2D eigenvalue weighted by molar-refractivity contribution is 0.492. The Hall–Kier alpha value is -0.730. The fraction of sp³-hybridized carbons (Fsp3) is 0.429. The van der Waals surface area contributed by atoms with Crippen LogP contribution in [0.1, 0.15) is 20.3 Å². The van der Waals surface area contributed by atoms with Gasteiger partial charge in [0.1, 0.15) is 5.83 Å². The molecule has 0 amide bonds. The second-order valence-electron chi connectivity index (χ2n) is 1.81. The van der Waals surface area contributed by atoms with Gasteiger partial charge >= 0.3 is 0 Å². The van der Waals surface area contributed by atoms with Gasteiger partial charge in [0.15, 0.2) is 11.7 Å². The van der Waals surface area contributed by atoms with E-state index in [9.17, 15) is 13.2 Å². The van der Waals surface area contributed by atoms with Gasteiger partial charge in [0.2, 0.25) is 0 Å². The van der Waals surface area contributed by atoms with Gasteiger partial charge in [-0.15, -0.1) is 0 Å². The van der Waals surface area contributed by atoms with Crippen molar-refractivity contribution in [2.75, 3.05) is 0 Å². The molecule has 0 rings (SSSR count). The Morgan fingerprint density at radius 1 is 1.30 bits per heavy atom. The highest BCUT2D eigenvalue weighted by Gasteiger charge is 2.05. The van der Waals surface area contributed by atoms with Crippen LogP contribution in [0.2, 0.25) is 0 Å². The molecule has 10 heavy (non-hydrogen) atoms. The maximum Gasteiger partial charge on any atom is 0.189 e. The molecular formula is C7H9F3. The molecule has 0 aliphatic heterocycles. The van der Waals surface area contributed by atoms with E-state index in [0.29, 0.717) is 6.42 Å². The zero-order valence-corrected chi connectivity index (χ0v) is 5.92. The maximum absolute atomic E-state index is 12.2. The Bertz CT molecular complexity index is 164. The number of hydrogen-bond acceptors (Lipinski definition) is 0. The second kappa shape index (κ2) is 4.14. The molecule has 3 heteroatoms. The molecule has 0 atom stereocenters. The average molecular weight is 150 g/mol. The molecule has 0 saturated heterocycles. The topological polar surface area (TPSA) is 0 Å². The van der Waals surface area contributed by atoms with Crippen molar-refractivity contribution in [2.45, 2.75) is 20.3 Å². The zero-order valence-electron chi connectivity index (χ0n) is 5.92. The Kier molecular flexibility index (Phi) is 3.84. The molecule has 0 nitrogen and oxygen atoms in total. The minimum absolute atomic E-state index is 0.354. The molecule has 0 aromatic carbocycles. The lowest BCUT2D eigenvalue weighted by Crippen LogP contribution is -1.77. The van der Waals surface area contributed by atoms with Crippen LogP contribution in [0.5, 0.6) is 0 Å². The third-order valence-corrected chi connectivity index (χ3v) is 0.895. The van der Waals surface area contributed by atoms with Crippen molar-refractivity contribution in [1.29, 1.82) is 0 Å². The lowest BCUT2D eigenvalue weighted by Gasteiger charge is -1.91. The van der Waals surface area contributed by atoms with Crippen LogP contribution in [-0.2, 0) is 0 Å². The normalized spacial score (nSPS) is 15.1. The van der Waals surface area contributed by atoms with Crippen LogP contribution in [0.15, 0.2) is 23.6 Å². The fourth-order valence-electron chi connectivity index (χ4n) is 0.433. The molecule has 0 unspecified atom stereocenters. The maximum atomic E-state index is 12.2. The fourth-order valence-corrected chi connectivity index (χ4v) is 0.433. The molecule has 0 heterocycles. The molecule has 0 aliphatic rings. The van der Waals surface area contributed by atoms with Gasteiger partial charge < -0.3 is 0 Å². The van der Waals surface area contributed by atoms with Crippen LogP contribution in [0.3, 0.4) is 0 Å². The van der Waals surface area contributed by atoms with Crippen LogP contribution in [0.4, 0.5) is 13.2 Å². The van der Waals surface area contributed by atoms with Crippen molar-refractivity contribution in [3.05, 3.63) is 23.6 Å². The summed E-state index contributed by atoms with van der Waals surface area (Å²) < 4.78 is 36.3.